The Hall–Kier alpha value is -0.610. The van der Waals surface area contributed by atoms with E-state index in [9.17, 15) is 12.8 Å². The molecule has 0 N–H and O–H groups in total. The van der Waals surface area contributed by atoms with Gasteiger partial charge < -0.3 is 0 Å². The topological polar surface area (TPSA) is 34.1 Å². The number of halogens is 2. The van der Waals surface area contributed by atoms with Crippen LogP contribution in [-0.4, -0.2) is 15.1 Å². The Kier molecular flexibility index (Phi) is 2.97. The van der Waals surface area contributed by atoms with E-state index >= 15 is 0 Å². The lowest BCUT2D eigenvalue weighted by atomic mass is 9.65. The van der Waals surface area contributed by atoms with Crippen LogP contribution in [0.3, 0.4) is 0 Å². The molecule has 88 valence electrons. The lowest BCUT2D eigenvalue weighted by Crippen LogP contribution is -2.36. The van der Waals surface area contributed by atoms with E-state index < -0.39 is 21.1 Å². The summed E-state index contributed by atoms with van der Waals surface area (Å²) in [6.07, 6.45) is 2.53. The van der Waals surface area contributed by atoms with Crippen molar-refractivity contribution < 1.29 is 12.8 Å². The van der Waals surface area contributed by atoms with Crippen molar-refractivity contribution in [2.24, 2.45) is 0 Å². The van der Waals surface area contributed by atoms with Gasteiger partial charge in [0.1, 0.15) is 0 Å². The Labute approximate surface area is 98.8 Å². The first kappa shape index (κ1) is 11.9. The van der Waals surface area contributed by atoms with Crippen LogP contribution in [0.1, 0.15) is 24.8 Å². The van der Waals surface area contributed by atoms with Crippen LogP contribution in [0.25, 0.3) is 0 Å². The lowest BCUT2D eigenvalue weighted by Gasteiger charge is -2.40. The zero-order valence-corrected chi connectivity index (χ0v) is 10.2. The standard InChI is InChI=1S/C11H12ClFO2S/c12-16(14,15)10-4-1-3-9(7-10)11(8-13)5-2-6-11/h1,3-4,7H,2,5-6,8H2. The van der Waals surface area contributed by atoms with Crippen molar-refractivity contribution in [3.63, 3.8) is 0 Å². The molecule has 2 rings (SSSR count). The third-order valence-corrected chi connectivity index (χ3v) is 4.65. The summed E-state index contributed by atoms with van der Waals surface area (Å²) in [5, 5.41) is 0. The van der Waals surface area contributed by atoms with Crippen molar-refractivity contribution in [1.82, 2.24) is 0 Å². The molecule has 0 saturated heterocycles. The molecule has 1 saturated carbocycles. The molecular weight excluding hydrogens is 251 g/mol. The maximum Gasteiger partial charge on any atom is 0.261 e. The zero-order valence-electron chi connectivity index (χ0n) is 8.62. The molecule has 0 unspecified atom stereocenters. The van der Waals surface area contributed by atoms with Crippen molar-refractivity contribution in [1.29, 1.82) is 0 Å². The SMILES string of the molecule is O=S(=O)(Cl)c1cccc(C2(CF)CCC2)c1. The molecule has 0 amide bonds. The van der Waals surface area contributed by atoms with E-state index in [-0.39, 0.29) is 4.90 Å². The van der Waals surface area contributed by atoms with Crippen molar-refractivity contribution in [3.8, 4) is 0 Å². The van der Waals surface area contributed by atoms with Crippen LogP contribution in [-0.2, 0) is 14.5 Å². The Bertz CT molecular complexity index is 489. The summed E-state index contributed by atoms with van der Waals surface area (Å²) >= 11 is 0. The van der Waals surface area contributed by atoms with Gasteiger partial charge in [0.05, 0.1) is 11.6 Å². The average Bonchev–Trinajstić information content (AvgIpc) is 2.16. The molecule has 0 atom stereocenters. The highest BCUT2D eigenvalue weighted by Gasteiger charge is 2.39. The third kappa shape index (κ3) is 1.96. The van der Waals surface area contributed by atoms with Gasteiger partial charge in [0.2, 0.25) is 0 Å². The fraction of sp³-hybridized carbons (Fsp3) is 0.455. The first-order valence-corrected chi connectivity index (χ1v) is 7.40. The van der Waals surface area contributed by atoms with Gasteiger partial charge in [-0.3, -0.25) is 4.39 Å². The molecule has 1 aliphatic carbocycles. The van der Waals surface area contributed by atoms with E-state index in [1.165, 1.54) is 12.1 Å². The van der Waals surface area contributed by atoms with Gasteiger partial charge in [-0.25, -0.2) is 8.42 Å². The van der Waals surface area contributed by atoms with E-state index in [0.717, 1.165) is 24.8 Å². The largest absolute Gasteiger partial charge is 0.261 e. The number of hydrogen-bond acceptors (Lipinski definition) is 2. The molecular formula is C11H12ClFO2S. The van der Waals surface area contributed by atoms with E-state index in [1.54, 1.807) is 12.1 Å². The van der Waals surface area contributed by atoms with Gasteiger partial charge in [-0.05, 0) is 30.5 Å². The summed E-state index contributed by atoms with van der Waals surface area (Å²) in [4.78, 5) is 0.0476. The smallest absolute Gasteiger partial charge is 0.250 e. The monoisotopic (exact) mass is 262 g/mol. The van der Waals surface area contributed by atoms with Crippen molar-refractivity contribution in [2.75, 3.05) is 6.67 Å². The first-order chi connectivity index (χ1) is 7.48. The summed E-state index contributed by atoms with van der Waals surface area (Å²) in [7, 11) is 1.54. The normalized spacial score (nSPS) is 19.1. The minimum absolute atomic E-state index is 0.0476. The lowest BCUT2D eigenvalue weighted by molar-refractivity contribution is 0.184. The highest BCUT2D eigenvalue weighted by molar-refractivity contribution is 8.13. The van der Waals surface area contributed by atoms with Crippen LogP contribution < -0.4 is 0 Å². The van der Waals surface area contributed by atoms with E-state index in [2.05, 4.69) is 0 Å². The molecule has 0 spiro atoms. The molecule has 1 aromatic carbocycles. The number of alkyl halides is 1. The van der Waals surface area contributed by atoms with Crippen LogP contribution in [0, 0.1) is 0 Å². The summed E-state index contributed by atoms with van der Waals surface area (Å²) < 4.78 is 35.4. The molecule has 1 fully saturated rings. The van der Waals surface area contributed by atoms with E-state index in [1.807, 2.05) is 0 Å². The third-order valence-electron chi connectivity index (χ3n) is 3.29. The molecule has 0 bridgehead atoms. The Balaban J connectivity index is 2.44. The van der Waals surface area contributed by atoms with Crippen LogP contribution in [0.2, 0.25) is 0 Å². The average molecular weight is 263 g/mol. The Morgan fingerprint density at radius 1 is 1.38 bits per heavy atom. The molecule has 0 aromatic heterocycles. The Morgan fingerprint density at radius 3 is 2.50 bits per heavy atom. The summed E-state index contributed by atoms with van der Waals surface area (Å²) in [5.74, 6) is 0. The predicted molar refractivity (Wildman–Crippen MR) is 61.0 cm³/mol. The van der Waals surface area contributed by atoms with Crippen molar-refractivity contribution >= 4 is 19.7 Å². The van der Waals surface area contributed by atoms with Crippen LogP contribution in [0.4, 0.5) is 4.39 Å². The number of hydrogen-bond donors (Lipinski definition) is 0. The summed E-state index contributed by atoms with van der Waals surface area (Å²) in [5.41, 5.74) is 0.264. The van der Waals surface area contributed by atoms with Crippen LogP contribution in [0.5, 0.6) is 0 Å². The first-order valence-electron chi connectivity index (χ1n) is 5.09. The van der Waals surface area contributed by atoms with Gasteiger partial charge in [-0.2, -0.15) is 0 Å². The molecule has 1 aromatic rings. The van der Waals surface area contributed by atoms with Gasteiger partial charge in [-0.1, -0.05) is 18.6 Å². The van der Waals surface area contributed by atoms with Gasteiger partial charge >= 0.3 is 0 Å². The molecule has 1 aliphatic rings. The van der Waals surface area contributed by atoms with Gasteiger partial charge in [0.15, 0.2) is 0 Å². The molecule has 0 radical (unpaired) electrons. The second-order valence-corrected chi connectivity index (χ2v) is 6.80. The maximum atomic E-state index is 13.0. The predicted octanol–water partition coefficient (Wildman–Crippen LogP) is 3.01. The maximum absolute atomic E-state index is 13.0. The van der Waals surface area contributed by atoms with Crippen molar-refractivity contribution in [3.05, 3.63) is 29.8 Å². The highest BCUT2D eigenvalue weighted by atomic mass is 35.7. The molecule has 0 aliphatic heterocycles. The molecule has 2 nitrogen and oxygen atoms in total. The zero-order chi connectivity index (χ0) is 11.8. The highest BCUT2D eigenvalue weighted by Crippen LogP contribution is 2.44. The van der Waals surface area contributed by atoms with Gasteiger partial charge in [0.25, 0.3) is 9.05 Å². The molecule has 5 heteroatoms. The second-order valence-electron chi connectivity index (χ2n) is 4.23. The van der Waals surface area contributed by atoms with Gasteiger partial charge in [-0.15, -0.1) is 0 Å². The minimum Gasteiger partial charge on any atom is -0.250 e. The van der Waals surface area contributed by atoms with E-state index in [0.29, 0.717) is 0 Å². The summed E-state index contributed by atoms with van der Waals surface area (Å²) in [6, 6.07) is 6.29. The quantitative estimate of drug-likeness (QED) is 0.785. The van der Waals surface area contributed by atoms with Gasteiger partial charge in [0, 0.05) is 16.1 Å². The second kappa shape index (κ2) is 4.00. The molecule has 16 heavy (non-hydrogen) atoms. The number of benzene rings is 1. The fourth-order valence-corrected chi connectivity index (χ4v) is 2.88. The van der Waals surface area contributed by atoms with Crippen LogP contribution in [0.15, 0.2) is 29.2 Å². The summed E-state index contributed by atoms with van der Waals surface area (Å²) in [6.45, 7) is -0.446. The number of rotatable bonds is 3. The fourth-order valence-electron chi connectivity index (χ4n) is 2.08. The van der Waals surface area contributed by atoms with E-state index in [4.69, 9.17) is 10.7 Å². The molecule has 0 heterocycles. The van der Waals surface area contributed by atoms with Crippen molar-refractivity contribution in [2.45, 2.75) is 29.6 Å². The minimum atomic E-state index is -3.73. The Morgan fingerprint density at radius 2 is 2.06 bits per heavy atom. The van der Waals surface area contributed by atoms with Crippen LogP contribution >= 0.6 is 10.7 Å².